The Morgan fingerprint density at radius 3 is 2.61 bits per heavy atom. The number of hydrogen-bond donors (Lipinski definition) is 1. The summed E-state index contributed by atoms with van der Waals surface area (Å²) < 4.78 is 5.20. The number of esters is 1. The molecule has 1 unspecified atom stereocenters. The van der Waals surface area contributed by atoms with Gasteiger partial charge in [-0.15, -0.1) is 11.3 Å². The molecular formula is C22H32N4O4S. The van der Waals surface area contributed by atoms with Gasteiger partial charge in [0.15, 0.2) is 0 Å². The zero-order valence-electron chi connectivity index (χ0n) is 18.8. The number of amides is 2. The van der Waals surface area contributed by atoms with Crippen LogP contribution in [-0.2, 0) is 9.53 Å². The lowest BCUT2D eigenvalue weighted by molar-refractivity contribution is -0.121. The third kappa shape index (κ3) is 6.05. The lowest BCUT2D eigenvalue weighted by Gasteiger charge is -2.31. The van der Waals surface area contributed by atoms with Gasteiger partial charge in [-0.05, 0) is 52.6 Å². The summed E-state index contributed by atoms with van der Waals surface area (Å²) in [5.74, 6) is -1.09. The number of nitriles is 1. The van der Waals surface area contributed by atoms with E-state index < -0.39 is 5.97 Å². The van der Waals surface area contributed by atoms with Crippen molar-refractivity contribution >= 4 is 34.1 Å². The Hall–Kier alpha value is -2.44. The Morgan fingerprint density at radius 1 is 1.29 bits per heavy atom. The zero-order chi connectivity index (χ0) is 23.0. The molecule has 0 spiro atoms. The number of likely N-dealkylation sites (tertiary alicyclic amines) is 1. The molecule has 2 heterocycles. The second kappa shape index (κ2) is 11.8. The molecule has 31 heavy (non-hydrogen) atoms. The van der Waals surface area contributed by atoms with E-state index in [2.05, 4.69) is 16.3 Å². The number of carbonyl (C=O) groups is 3. The standard InChI is InChI=1S/C22H32N4O4S/c1-5-26(6-2)21(28)18-15(4)17(22(29)30-7-3)20(31-18)24-19(27)16-10-8-12-25(14-16)13-9-11-23/h16H,5-10,12-14H2,1-4H3,(H,24,27). The summed E-state index contributed by atoms with van der Waals surface area (Å²) in [7, 11) is 0. The van der Waals surface area contributed by atoms with Gasteiger partial charge < -0.3 is 19.9 Å². The molecule has 2 rings (SSSR count). The number of piperidine rings is 1. The fraction of sp³-hybridized carbons (Fsp3) is 0.636. The number of nitrogens with zero attached hydrogens (tertiary/aromatic N) is 3. The van der Waals surface area contributed by atoms with Gasteiger partial charge in [-0.2, -0.15) is 5.26 Å². The van der Waals surface area contributed by atoms with Crippen molar-refractivity contribution in [1.82, 2.24) is 9.80 Å². The van der Waals surface area contributed by atoms with Crippen molar-refractivity contribution in [2.45, 2.75) is 47.0 Å². The molecule has 9 heteroatoms. The van der Waals surface area contributed by atoms with Gasteiger partial charge in [-0.1, -0.05) is 0 Å². The summed E-state index contributed by atoms with van der Waals surface area (Å²) in [6, 6.07) is 2.14. The highest BCUT2D eigenvalue weighted by atomic mass is 32.1. The SMILES string of the molecule is CCOC(=O)c1c(NC(=O)C2CCCN(CCC#N)C2)sc(C(=O)N(CC)CC)c1C. The molecule has 1 aromatic heterocycles. The third-order valence-corrected chi connectivity index (χ3v) is 6.72. The first kappa shape index (κ1) is 24.8. The van der Waals surface area contributed by atoms with Crippen LogP contribution in [0.5, 0.6) is 0 Å². The van der Waals surface area contributed by atoms with Crippen LogP contribution in [0.4, 0.5) is 5.00 Å². The summed E-state index contributed by atoms with van der Waals surface area (Å²) >= 11 is 1.13. The second-order valence-electron chi connectivity index (χ2n) is 7.50. The summed E-state index contributed by atoms with van der Waals surface area (Å²) in [6.45, 7) is 10.7. The molecular weight excluding hydrogens is 416 g/mol. The topological polar surface area (TPSA) is 103 Å². The predicted molar refractivity (Wildman–Crippen MR) is 120 cm³/mol. The first-order valence-corrected chi connectivity index (χ1v) is 11.7. The van der Waals surface area contributed by atoms with Crippen LogP contribution in [0.25, 0.3) is 0 Å². The molecule has 0 aliphatic carbocycles. The van der Waals surface area contributed by atoms with Crippen LogP contribution in [0.2, 0.25) is 0 Å². The number of ether oxygens (including phenoxy) is 1. The van der Waals surface area contributed by atoms with Gasteiger partial charge in [0.05, 0.1) is 29.0 Å². The lowest BCUT2D eigenvalue weighted by Crippen LogP contribution is -2.41. The first-order chi connectivity index (χ1) is 14.9. The smallest absolute Gasteiger partial charge is 0.341 e. The van der Waals surface area contributed by atoms with Gasteiger partial charge in [-0.25, -0.2) is 4.79 Å². The van der Waals surface area contributed by atoms with Crippen molar-refractivity contribution in [2.24, 2.45) is 5.92 Å². The molecule has 1 N–H and O–H groups in total. The predicted octanol–water partition coefficient (Wildman–Crippen LogP) is 3.28. The van der Waals surface area contributed by atoms with Crippen molar-refractivity contribution in [3.05, 3.63) is 16.0 Å². The third-order valence-electron chi connectivity index (χ3n) is 5.52. The van der Waals surface area contributed by atoms with E-state index in [1.807, 2.05) is 13.8 Å². The van der Waals surface area contributed by atoms with Crippen molar-refractivity contribution in [2.75, 3.05) is 44.6 Å². The summed E-state index contributed by atoms with van der Waals surface area (Å²) in [6.07, 6.45) is 2.06. The maximum absolute atomic E-state index is 13.0. The van der Waals surface area contributed by atoms with E-state index in [1.54, 1.807) is 18.7 Å². The van der Waals surface area contributed by atoms with Crippen LogP contribution in [0, 0.1) is 24.2 Å². The highest BCUT2D eigenvalue weighted by Crippen LogP contribution is 2.35. The molecule has 170 valence electrons. The van der Waals surface area contributed by atoms with Crippen LogP contribution in [0.3, 0.4) is 0 Å². The molecule has 2 amide bonds. The van der Waals surface area contributed by atoms with Crippen molar-refractivity contribution in [3.8, 4) is 6.07 Å². The number of rotatable bonds is 9. The van der Waals surface area contributed by atoms with Crippen molar-refractivity contribution < 1.29 is 19.1 Å². The minimum absolute atomic E-state index is 0.154. The van der Waals surface area contributed by atoms with E-state index in [9.17, 15) is 14.4 Å². The minimum atomic E-state index is -0.538. The minimum Gasteiger partial charge on any atom is -0.462 e. The quantitative estimate of drug-likeness (QED) is 0.582. The fourth-order valence-corrected chi connectivity index (χ4v) is 4.97. The Kier molecular flexibility index (Phi) is 9.46. The second-order valence-corrected chi connectivity index (χ2v) is 8.52. The van der Waals surface area contributed by atoms with Crippen molar-refractivity contribution in [3.63, 3.8) is 0 Å². The first-order valence-electron chi connectivity index (χ1n) is 10.9. The molecule has 1 atom stereocenters. The van der Waals surface area contributed by atoms with E-state index in [1.165, 1.54) is 0 Å². The fourth-order valence-electron chi connectivity index (χ4n) is 3.80. The molecule has 1 aliphatic rings. The molecule has 8 nitrogen and oxygen atoms in total. The molecule has 1 fully saturated rings. The molecule has 0 bridgehead atoms. The summed E-state index contributed by atoms with van der Waals surface area (Å²) in [5.41, 5.74) is 0.794. The van der Waals surface area contributed by atoms with Gasteiger partial charge in [0, 0.05) is 32.6 Å². The molecule has 0 aromatic carbocycles. The highest BCUT2D eigenvalue weighted by molar-refractivity contribution is 7.18. The van der Waals surface area contributed by atoms with Gasteiger partial charge in [0.2, 0.25) is 5.91 Å². The van der Waals surface area contributed by atoms with Crippen LogP contribution in [-0.4, -0.2) is 66.9 Å². The molecule has 0 radical (unpaired) electrons. The Morgan fingerprint density at radius 2 is 2.00 bits per heavy atom. The molecule has 1 saturated heterocycles. The van der Waals surface area contributed by atoms with E-state index in [0.29, 0.717) is 48.0 Å². The number of carbonyl (C=O) groups excluding carboxylic acids is 3. The van der Waals surface area contributed by atoms with Crippen LogP contribution in [0.15, 0.2) is 0 Å². The van der Waals surface area contributed by atoms with Crippen LogP contribution >= 0.6 is 11.3 Å². The molecule has 1 aromatic rings. The lowest BCUT2D eigenvalue weighted by atomic mass is 9.97. The Labute approximate surface area is 188 Å². The average molecular weight is 449 g/mol. The Bertz CT molecular complexity index is 841. The van der Waals surface area contributed by atoms with E-state index in [4.69, 9.17) is 10.00 Å². The van der Waals surface area contributed by atoms with Gasteiger partial charge in [-0.3, -0.25) is 9.59 Å². The maximum Gasteiger partial charge on any atom is 0.341 e. The van der Waals surface area contributed by atoms with Crippen molar-refractivity contribution in [1.29, 1.82) is 5.26 Å². The number of hydrogen-bond acceptors (Lipinski definition) is 7. The largest absolute Gasteiger partial charge is 0.462 e. The molecule has 0 saturated carbocycles. The van der Waals surface area contributed by atoms with E-state index in [-0.39, 0.29) is 29.9 Å². The summed E-state index contributed by atoms with van der Waals surface area (Å²) in [5, 5.41) is 12.1. The monoisotopic (exact) mass is 448 g/mol. The van der Waals surface area contributed by atoms with Gasteiger partial charge in [0.1, 0.15) is 5.00 Å². The van der Waals surface area contributed by atoms with Gasteiger partial charge >= 0.3 is 5.97 Å². The van der Waals surface area contributed by atoms with Gasteiger partial charge in [0.25, 0.3) is 5.91 Å². The van der Waals surface area contributed by atoms with E-state index in [0.717, 1.165) is 30.7 Å². The highest BCUT2D eigenvalue weighted by Gasteiger charge is 2.31. The Balaban J connectivity index is 2.28. The summed E-state index contributed by atoms with van der Waals surface area (Å²) in [4.78, 5) is 42.8. The number of anilines is 1. The number of nitrogens with one attached hydrogen (secondary N) is 1. The average Bonchev–Trinajstić information content (AvgIpc) is 3.09. The van der Waals surface area contributed by atoms with Crippen LogP contribution in [0.1, 0.15) is 65.6 Å². The normalized spacial score (nSPS) is 16.4. The van der Waals surface area contributed by atoms with Crippen LogP contribution < -0.4 is 5.32 Å². The number of thiophene rings is 1. The zero-order valence-corrected chi connectivity index (χ0v) is 19.6. The van der Waals surface area contributed by atoms with E-state index >= 15 is 0 Å². The maximum atomic E-state index is 13.0. The molecule has 1 aliphatic heterocycles.